The lowest BCUT2D eigenvalue weighted by Crippen LogP contribution is -2.37. The number of hydrogen-bond donors (Lipinski definition) is 2. The quantitative estimate of drug-likeness (QED) is 0.871. The normalized spacial score (nSPS) is 14.2. The fraction of sp³-hybridized carbons (Fsp3) is 0.353. The minimum Gasteiger partial charge on any atom is -0.378 e. The molecule has 0 atom stereocenters. The highest BCUT2D eigenvalue weighted by molar-refractivity contribution is 5.89. The summed E-state index contributed by atoms with van der Waals surface area (Å²) < 4.78 is 31.6. The average molecular weight is 363 g/mol. The first kappa shape index (κ1) is 18.0. The van der Waals surface area contributed by atoms with Crippen LogP contribution in [0.15, 0.2) is 24.3 Å². The van der Waals surface area contributed by atoms with E-state index < -0.39 is 17.7 Å². The lowest BCUT2D eigenvalue weighted by Gasteiger charge is -2.27. The van der Waals surface area contributed by atoms with Gasteiger partial charge in [0.1, 0.15) is 11.6 Å². The van der Waals surface area contributed by atoms with Gasteiger partial charge in [-0.2, -0.15) is 0 Å². The molecule has 0 bridgehead atoms. The lowest BCUT2D eigenvalue weighted by atomic mass is 10.3. The monoisotopic (exact) mass is 363 g/mol. The summed E-state index contributed by atoms with van der Waals surface area (Å²) in [5.74, 6) is -0.929. The molecule has 1 saturated heterocycles. The number of aryl methyl sites for hydroxylation is 1. The highest BCUT2D eigenvalue weighted by atomic mass is 19.1. The predicted molar refractivity (Wildman–Crippen MR) is 92.0 cm³/mol. The van der Waals surface area contributed by atoms with Crippen LogP contribution in [-0.2, 0) is 11.3 Å². The van der Waals surface area contributed by atoms with Crippen molar-refractivity contribution in [2.75, 3.05) is 36.5 Å². The lowest BCUT2D eigenvalue weighted by molar-refractivity contribution is 0.122. The zero-order valence-electron chi connectivity index (χ0n) is 14.3. The van der Waals surface area contributed by atoms with Crippen molar-refractivity contribution in [2.24, 2.45) is 0 Å². The Morgan fingerprint density at radius 2 is 1.85 bits per heavy atom. The van der Waals surface area contributed by atoms with Gasteiger partial charge in [-0.15, -0.1) is 0 Å². The van der Waals surface area contributed by atoms with E-state index in [1.54, 1.807) is 6.07 Å². The van der Waals surface area contributed by atoms with Crippen LogP contribution in [0.4, 0.5) is 25.2 Å². The molecule has 2 amide bonds. The van der Waals surface area contributed by atoms with Crippen molar-refractivity contribution in [2.45, 2.75) is 13.5 Å². The van der Waals surface area contributed by atoms with Gasteiger partial charge in [0, 0.05) is 30.5 Å². The van der Waals surface area contributed by atoms with E-state index in [4.69, 9.17) is 4.74 Å². The molecule has 1 aromatic carbocycles. The molecule has 0 radical (unpaired) electrons. The van der Waals surface area contributed by atoms with Crippen LogP contribution in [0.5, 0.6) is 0 Å². The number of ether oxygens (including phenoxy) is 1. The van der Waals surface area contributed by atoms with Crippen LogP contribution in [-0.4, -0.2) is 42.3 Å². The number of urea groups is 1. The number of benzene rings is 1. The molecule has 0 saturated carbocycles. The molecule has 2 heterocycles. The number of carbonyl (C=O) groups is 1. The smallest absolute Gasteiger partial charge is 0.319 e. The van der Waals surface area contributed by atoms with Crippen molar-refractivity contribution in [1.29, 1.82) is 0 Å². The molecule has 1 fully saturated rings. The largest absolute Gasteiger partial charge is 0.378 e. The van der Waals surface area contributed by atoms with Gasteiger partial charge in [-0.05, 0) is 25.1 Å². The van der Waals surface area contributed by atoms with Gasteiger partial charge in [0.05, 0.1) is 25.5 Å². The Morgan fingerprint density at radius 1 is 1.15 bits per heavy atom. The van der Waals surface area contributed by atoms with Crippen LogP contribution in [0.1, 0.15) is 11.4 Å². The molecule has 0 unspecified atom stereocenters. The molecular formula is C17H19F2N5O2. The van der Waals surface area contributed by atoms with E-state index in [-0.39, 0.29) is 12.2 Å². The second kappa shape index (κ2) is 8.05. The Hall–Kier alpha value is -2.81. The molecule has 9 heteroatoms. The summed E-state index contributed by atoms with van der Waals surface area (Å²) in [5, 5.41) is 5.00. The van der Waals surface area contributed by atoms with Crippen molar-refractivity contribution in [3.05, 3.63) is 47.3 Å². The van der Waals surface area contributed by atoms with E-state index in [0.29, 0.717) is 37.9 Å². The zero-order chi connectivity index (χ0) is 18.5. The van der Waals surface area contributed by atoms with Gasteiger partial charge < -0.3 is 20.3 Å². The molecule has 1 aliphatic heterocycles. The SMILES string of the molecule is Cc1cc(CNC(=O)Nc2cc(F)cc(F)c2)nc(N2CCOCC2)n1. The minimum atomic E-state index is -0.762. The first-order valence-electron chi connectivity index (χ1n) is 8.18. The fourth-order valence-corrected chi connectivity index (χ4v) is 2.58. The Labute approximate surface area is 149 Å². The topological polar surface area (TPSA) is 79.4 Å². The van der Waals surface area contributed by atoms with Crippen LogP contribution in [0.2, 0.25) is 0 Å². The standard InChI is InChI=1S/C17H19F2N5O2/c1-11-6-15(22-16(21-11)24-2-4-26-5-3-24)10-20-17(25)23-14-8-12(18)7-13(19)9-14/h6-9H,2-5,10H2,1H3,(H2,20,23,25). The Kier molecular flexibility index (Phi) is 5.57. The molecule has 1 aromatic heterocycles. The van der Waals surface area contributed by atoms with Gasteiger partial charge in [0.25, 0.3) is 0 Å². The summed E-state index contributed by atoms with van der Waals surface area (Å²) in [6.07, 6.45) is 0. The highest BCUT2D eigenvalue weighted by Gasteiger charge is 2.15. The first-order valence-corrected chi connectivity index (χ1v) is 8.18. The fourth-order valence-electron chi connectivity index (χ4n) is 2.58. The molecule has 7 nitrogen and oxygen atoms in total. The summed E-state index contributed by atoms with van der Waals surface area (Å²) in [4.78, 5) is 22.8. The summed E-state index contributed by atoms with van der Waals surface area (Å²) in [7, 11) is 0. The second-order valence-electron chi connectivity index (χ2n) is 5.87. The molecule has 138 valence electrons. The number of nitrogens with one attached hydrogen (secondary N) is 2. The van der Waals surface area contributed by atoms with Gasteiger partial charge in [0.15, 0.2) is 0 Å². The van der Waals surface area contributed by atoms with Crippen molar-refractivity contribution in [1.82, 2.24) is 15.3 Å². The van der Waals surface area contributed by atoms with Crippen molar-refractivity contribution >= 4 is 17.7 Å². The number of hydrogen-bond acceptors (Lipinski definition) is 5. The van der Waals surface area contributed by atoms with Gasteiger partial charge in [-0.25, -0.2) is 23.5 Å². The van der Waals surface area contributed by atoms with Crippen LogP contribution < -0.4 is 15.5 Å². The summed E-state index contributed by atoms with van der Waals surface area (Å²) in [5.41, 5.74) is 1.46. The van der Waals surface area contributed by atoms with E-state index in [1.165, 1.54) is 0 Å². The summed E-state index contributed by atoms with van der Waals surface area (Å²) in [6.45, 7) is 4.67. The minimum absolute atomic E-state index is 0.0351. The highest BCUT2D eigenvalue weighted by Crippen LogP contribution is 2.14. The zero-order valence-corrected chi connectivity index (χ0v) is 14.3. The molecule has 2 N–H and O–H groups in total. The van der Waals surface area contributed by atoms with Crippen molar-refractivity contribution < 1.29 is 18.3 Å². The van der Waals surface area contributed by atoms with Crippen molar-refractivity contribution in [3.63, 3.8) is 0 Å². The number of amides is 2. The number of morpholine rings is 1. The molecule has 0 aliphatic carbocycles. The van der Waals surface area contributed by atoms with E-state index in [1.807, 2.05) is 11.8 Å². The van der Waals surface area contributed by atoms with Crippen molar-refractivity contribution in [3.8, 4) is 0 Å². The molecule has 3 rings (SSSR count). The van der Waals surface area contributed by atoms with Gasteiger partial charge in [-0.1, -0.05) is 0 Å². The van der Waals surface area contributed by atoms with Gasteiger partial charge in [-0.3, -0.25) is 0 Å². The second-order valence-corrected chi connectivity index (χ2v) is 5.87. The Balaban J connectivity index is 1.61. The van der Waals surface area contributed by atoms with Gasteiger partial charge in [0.2, 0.25) is 5.95 Å². The van der Waals surface area contributed by atoms with Crippen LogP contribution in [0.25, 0.3) is 0 Å². The molecule has 26 heavy (non-hydrogen) atoms. The van der Waals surface area contributed by atoms with Crippen LogP contribution in [0, 0.1) is 18.6 Å². The summed E-state index contributed by atoms with van der Waals surface area (Å²) in [6, 6.07) is 3.99. The van der Waals surface area contributed by atoms with E-state index in [9.17, 15) is 13.6 Å². The van der Waals surface area contributed by atoms with E-state index in [2.05, 4.69) is 20.6 Å². The number of anilines is 2. The summed E-state index contributed by atoms with van der Waals surface area (Å²) >= 11 is 0. The Bertz CT molecular complexity index is 776. The van der Waals surface area contributed by atoms with Crippen LogP contribution in [0.3, 0.4) is 0 Å². The third kappa shape index (κ3) is 4.85. The van der Waals surface area contributed by atoms with Crippen LogP contribution >= 0.6 is 0 Å². The maximum absolute atomic E-state index is 13.2. The predicted octanol–water partition coefficient (Wildman–Crippen LogP) is 2.22. The number of carbonyl (C=O) groups excluding carboxylic acids is 1. The molecular weight excluding hydrogens is 344 g/mol. The molecule has 2 aromatic rings. The van der Waals surface area contributed by atoms with E-state index >= 15 is 0 Å². The van der Waals surface area contributed by atoms with E-state index in [0.717, 1.165) is 23.9 Å². The molecule has 0 spiro atoms. The Morgan fingerprint density at radius 3 is 2.54 bits per heavy atom. The third-order valence-corrected chi connectivity index (χ3v) is 3.74. The number of aromatic nitrogens is 2. The first-order chi connectivity index (χ1) is 12.5. The third-order valence-electron chi connectivity index (χ3n) is 3.74. The number of nitrogens with zero attached hydrogens (tertiary/aromatic N) is 3. The number of rotatable bonds is 4. The average Bonchev–Trinajstić information content (AvgIpc) is 2.59. The number of halogens is 2. The maximum atomic E-state index is 13.2. The molecule has 1 aliphatic rings. The van der Waals surface area contributed by atoms with Gasteiger partial charge >= 0.3 is 6.03 Å². The maximum Gasteiger partial charge on any atom is 0.319 e.